The number of benzene rings is 1. The molecular formula is C18H26N2O3. The van der Waals surface area contributed by atoms with E-state index >= 15 is 0 Å². The zero-order valence-electron chi connectivity index (χ0n) is 13.8. The monoisotopic (exact) mass is 318 g/mol. The summed E-state index contributed by atoms with van der Waals surface area (Å²) in [5, 5.41) is 11.5. The first-order chi connectivity index (χ1) is 11.1. The van der Waals surface area contributed by atoms with Crippen LogP contribution in [-0.4, -0.2) is 66.8 Å². The number of ether oxygens (including phenoxy) is 1. The van der Waals surface area contributed by atoms with Crippen molar-refractivity contribution in [2.45, 2.75) is 30.9 Å². The Bertz CT molecular complexity index is 530. The molecule has 0 unspecified atom stereocenters. The van der Waals surface area contributed by atoms with E-state index in [1.54, 1.807) is 7.11 Å². The summed E-state index contributed by atoms with van der Waals surface area (Å²) in [6, 6.07) is 9.84. The van der Waals surface area contributed by atoms with Crippen LogP contribution in [0.2, 0.25) is 0 Å². The first kappa shape index (κ1) is 16.4. The maximum Gasteiger partial charge on any atom is 0.248 e. The molecule has 0 saturated carbocycles. The molecule has 5 heteroatoms. The molecule has 0 spiro atoms. The van der Waals surface area contributed by atoms with Crippen LogP contribution in [0.15, 0.2) is 30.3 Å². The van der Waals surface area contributed by atoms with Crippen molar-refractivity contribution in [1.29, 1.82) is 0 Å². The van der Waals surface area contributed by atoms with Crippen LogP contribution in [0.3, 0.4) is 0 Å². The number of likely N-dealkylation sites (tertiary alicyclic amines) is 2. The normalized spacial score (nSPS) is 29.0. The van der Waals surface area contributed by atoms with Crippen molar-refractivity contribution in [2.75, 3.05) is 39.9 Å². The van der Waals surface area contributed by atoms with Crippen LogP contribution < -0.4 is 0 Å². The van der Waals surface area contributed by atoms with Crippen LogP contribution in [0.1, 0.15) is 24.8 Å². The van der Waals surface area contributed by atoms with Crippen LogP contribution in [0.5, 0.6) is 0 Å². The van der Waals surface area contributed by atoms with Crippen molar-refractivity contribution in [3.8, 4) is 0 Å². The highest BCUT2D eigenvalue weighted by molar-refractivity contribution is 5.77. The highest BCUT2D eigenvalue weighted by Gasteiger charge is 2.47. The number of aliphatic hydroxyl groups is 1. The van der Waals surface area contributed by atoms with Gasteiger partial charge in [-0.05, 0) is 37.9 Å². The fourth-order valence-corrected chi connectivity index (χ4v) is 3.90. The largest absolute Gasteiger partial charge is 0.383 e. The molecule has 1 amide bonds. The summed E-state index contributed by atoms with van der Waals surface area (Å²) in [5.74, 6) is 0.00630. The van der Waals surface area contributed by atoms with E-state index in [-0.39, 0.29) is 18.6 Å². The Morgan fingerprint density at radius 3 is 2.61 bits per heavy atom. The van der Waals surface area contributed by atoms with E-state index in [2.05, 4.69) is 4.90 Å². The van der Waals surface area contributed by atoms with Crippen molar-refractivity contribution < 1.29 is 14.6 Å². The zero-order valence-corrected chi connectivity index (χ0v) is 13.8. The third kappa shape index (κ3) is 3.27. The van der Waals surface area contributed by atoms with Crippen LogP contribution in [0.25, 0.3) is 0 Å². The highest BCUT2D eigenvalue weighted by atomic mass is 16.5. The predicted molar refractivity (Wildman–Crippen MR) is 88.0 cm³/mol. The van der Waals surface area contributed by atoms with Crippen molar-refractivity contribution in [1.82, 2.24) is 9.80 Å². The summed E-state index contributed by atoms with van der Waals surface area (Å²) < 4.78 is 4.99. The number of amides is 1. The molecule has 23 heavy (non-hydrogen) atoms. The van der Waals surface area contributed by atoms with Crippen LogP contribution in [-0.2, 0) is 15.1 Å². The molecule has 126 valence electrons. The Morgan fingerprint density at radius 1 is 1.26 bits per heavy atom. The third-order valence-corrected chi connectivity index (χ3v) is 5.18. The topological polar surface area (TPSA) is 53.0 Å². The van der Waals surface area contributed by atoms with Crippen molar-refractivity contribution in [3.63, 3.8) is 0 Å². The molecule has 0 radical (unpaired) electrons. The second kappa shape index (κ2) is 6.99. The van der Waals surface area contributed by atoms with Crippen LogP contribution in [0.4, 0.5) is 0 Å². The van der Waals surface area contributed by atoms with E-state index in [1.165, 1.54) is 0 Å². The van der Waals surface area contributed by atoms with Gasteiger partial charge in [0.25, 0.3) is 0 Å². The molecule has 1 N–H and O–H groups in total. The molecule has 1 aromatic rings. The van der Waals surface area contributed by atoms with Crippen LogP contribution in [0, 0.1) is 0 Å². The van der Waals surface area contributed by atoms with Gasteiger partial charge < -0.3 is 14.7 Å². The molecular weight excluding hydrogens is 292 g/mol. The Kier molecular flexibility index (Phi) is 4.99. The first-order valence-electron chi connectivity index (χ1n) is 8.44. The number of hydrogen-bond acceptors (Lipinski definition) is 4. The van der Waals surface area contributed by atoms with Gasteiger partial charge in [0.1, 0.15) is 12.2 Å². The van der Waals surface area contributed by atoms with Gasteiger partial charge in [0, 0.05) is 20.2 Å². The molecule has 0 aliphatic carbocycles. The van der Waals surface area contributed by atoms with E-state index in [1.807, 2.05) is 35.2 Å². The maximum absolute atomic E-state index is 12.2. The number of carbonyl (C=O) groups excluding carboxylic acids is 1. The Labute approximate surface area is 137 Å². The first-order valence-corrected chi connectivity index (χ1v) is 8.44. The molecule has 0 aromatic heterocycles. The second-order valence-corrected chi connectivity index (χ2v) is 6.57. The third-order valence-electron chi connectivity index (χ3n) is 5.18. The lowest BCUT2D eigenvalue weighted by Gasteiger charge is -2.48. The lowest BCUT2D eigenvalue weighted by atomic mass is 9.79. The van der Waals surface area contributed by atoms with Gasteiger partial charge >= 0.3 is 0 Å². The predicted octanol–water partition coefficient (Wildman–Crippen LogP) is 1.22. The average molecular weight is 318 g/mol. The summed E-state index contributed by atoms with van der Waals surface area (Å²) in [4.78, 5) is 16.4. The van der Waals surface area contributed by atoms with Gasteiger partial charge in [0.15, 0.2) is 0 Å². The van der Waals surface area contributed by atoms with E-state index in [0.29, 0.717) is 19.5 Å². The molecule has 2 heterocycles. The van der Waals surface area contributed by atoms with E-state index in [0.717, 1.165) is 31.5 Å². The average Bonchev–Trinajstić information content (AvgIpc) is 3.10. The van der Waals surface area contributed by atoms with Gasteiger partial charge in [-0.1, -0.05) is 30.3 Å². The fraction of sp³-hybridized carbons (Fsp3) is 0.611. The van der Waals surface area contributed by atoms with E-state index in [9.17, 15) is 9.90 Å². The second-order valence-electron chi connectivity index (χ2n) is 6.57. The van der Waals surface area contributed by atoms with Gasteiger partial charge in [-0.15, -0.1) is 0 Å². The molecule has 2 atom stereocenters. The molecule has 5 nitrogen and oxygen atoms in total. The standard InChI is InChI=1S/C18H26N2O3/c1-23-14-17(21)20-12-9-18(22,15-7-3-2-4-8-15)16(13-20)19-10-5-6-11-19/h2-4,7-8,16,22H,5-6,9-14H2,1H3/t16-,18-/m1/s1. The van der Waals surface area contributed by atoms with E-state index in [4.69, 9.17) is 4.74 Å². The number of piperidine rings is 1. The molecule has 2 fully saturated rings. The van der Waals surface area contributed by atoms with Gasteiger partial charge in [0.2, 0.25) is 5.91 Å². The Morgan fingerprint density at radius 2 is 1.96 bits per heavy atom. The van der Waals surface area contributed by atoms with E-state index < -0.39 is 5.60 Å². The lowest BCUT2D eigenvalue weighted by molar-refractivity contribution is -0.146. The Hall–Kier alpha value is -1.43. The molecule has 2 aliphatic rings. The van der Waals surface area contributed by atoms with Gasteiger partial charge in [-0.2, -0.15) is 0 Å². The number of hydrogen-bond donors (Lipinski definition) is 1. The summed E-state index contributed by atoms with van der Waals surface area (Å²) in [5.41, 5.74) is 0.0610. The lowest BCUT2D eigenvalue weighted by Crippen LogP contribution is -2.61. The molecule has 2 saturated heterocycles. The van der Waals surface area contributed by atoms with Crippen molar-refractivity contribution >= 4 is 5.91 Å². The molecule has 2 aliphatic heterocycles. The zero-order chi connectivity index (χ0) is 16.3. The van der Waals surface area contributed by atoms with Gasteiger partial charge in [0.05, 0.1) is 6.04 Å². The number of methoxy groups -OCH3 is 1. The molecule has 3 rings (SSSR count). The number of carbonyl (C=O) groups is 1. The smallest absolute Gasteiger partial charge is 0.248 e. The minimum Gasteiger partial charge on any atom is -0.383 e. The minimum atomic E-state index is -0.893. The SMILES string of the molecule is COCC(=O)N1CC[C@@](O)(c2ccccc2)[C@H](N2CCCC2)C1. The Balaban J connectivity index is 1.86. The number of nitrogens with zero attached hydrogens (tertiary/aromatic N) is 2. The highest BCUT2D eigenvalue weighted by Crippen LogP contribution is 2.37. The summed E-state index contributed by atoms with van der Waals surface area (Å²) in [6.45, 7) is 3.22. The molecule has 1 aromatic carbocycles. The fourth-order valence-electron chi connectivity index (χ4n) is 3.90. The van der Waals surface area contributed by atoms with Crippen molar-refractivity contribution in [2.24, 2.45) is 0 Å². The van der Waals surface area contributed by atoms with Gasteiger partial charge in [-0.3, -0.25) is 9.69 Å². The quantitative estimate of drug-likeness (QED) is 0.907. The maximum atomic E-state index is 12.2. The summed E-state index contributed by atoms with van der Waals surface area (Å²) in [6.07, 6.45) is 2.88. The minimum absolute atomic E-state index is 0.00630. The van der Waals surface area contributed by atoms with Crippen LogP contribution >= 0.6 is 0 Å². The number of rotatable bonds is 4. The summed E-state index contributed by atoms with van der Waals surface area (Å²) in [7, 11) is 1.54. The van der Waals surface area contributed by atoms with Crippen molar-refractivity contribution in [3.05, 3.63) is 35.9 Å². The summed E-state index contributed by atoms with van der Waals surface area (Å²) >= 11 is 0. The molecule has 0 bridgehead atoms. The van der Waals surface area contributed by atoms with Gasteiger partial charge in [-0.25, -0.2) is 0 Å².